The third kappa shape index (κ3) is 4.65. The van der Waals surface area contributed by atoms with Crippen LogP contribution in [-0.2, 0) is 17.9 Å². The summed E-state index contributed by atoms with van der Waals surface area (Å²) >= 11 is 0. The normalized spacial score (nSPS) is 16.1. The molecule has 0 spiro atoms. The van der Waals surface area contributed by atoms with Crippen LogP contribution in [0.3, 0.4) is 0 Å². The highest BCUT2D eigenvalue weighted by molar-refractivity contribution is 6.01. The highest BCUT2D eigenvalue weighted by Crippen LogP contribution is 2.31. The van der Waals surface area contributed by atoms with Crippen molar-refractivity contribution in [2.75, 3.05) is 11.9 Å². The van der Waals surface area contributed by atoms with Gasteiger partial charge in [-0.1, -0.05) is 12.8 Å². The molecule has 0 aromatic carbocycles. The summed E-state index contributed by atoms with van der Waals surface area (Å²) < 4.78 is 29.7. The van der Waals surface area contributed by atoms with Gasteiger partial charge in [-0.2, -0.15) is 0 Å². The standard InChI is InChI=1S/C22H24F2N4O3/c1-13-8-14(9-26-21(13)31-12-18(23)24)10-28-11-17-16(22(28)30)6-7-25-19(17)27-20(29)15-4-2-3-5-15/h6-9,15,18H,2-5,10-12H2,1H3,(H,25,27,29). The molecule has 31 heavy (non-hydrogen) atoms. The van der Waals surface area contributed by atoms with Crippen molar-refractivity contribution in [2.24, 2.45) is 5.92 Å². The molecule has 0 atom stereocenters. The van der Waals surface area contributed by atoms with E-state index in [1.165, 1.54) is 12.4 Å². The lowest BCUT2D eigenvalue weighted by atomic mass is 10.1. The zero-order valence-electron chi connectivity index (χ0n) is 17.2. The van der Waals surface area contributed by atoms with Crippen LogP contribution in [0.4, 0.5) is 14.6 Å². The summed E-state index contributed by atoms with van der Waals surface area (Å²) in [5.41, 5.74) is 2.61. The summed E-state index contributed by atoms with van der Waals surface area (Å²) in [4.78, 5) is 35.4. The summed E-state index contributed by atoms with van der Waals surface area (Å²) in [6, 6.07) is 3.43. The number of aryl methyl sites for hydroxylation is 1. The first-order valence-corrected chi connectivity index (χ1v) is 10.4. The number of ether oxygens (including phenoxy) is 1. The number of halogens is 2. The highest BCUT2D eigenvalue weighted by atomic mass is 19.3. The highest BCUT2D eigenvalue weighted by Gasteiger charge is 2.32. The van der Waals surface area contributed by atoms with E-state index in [4.69, 9.17) is 4.74 Å². The molecule has 0 radical (unpaired) electrons. The molecule has 9 heteroatoms. The minimum atomic E-state index is -2.57. The van der Waals surface area contributed by atoms with Crippen molar-refractivity contribution in [1.82, 2.24) is 14.9 Å². The first kappa shape index (κ1) is 21.1. The van der Waals surface area contributed by atoms with Gasteiger partial charge < -0.3 is 15.0 Å². The van der Waals surface area contributed by atoms with E-state index in [2.05, 4.69) is 15.3 Å². The number of fused-ring (bicyclic) bond motifs is 1. The third-order valence-electron chi connectivity index (χ3n) is 5.70. The molecule has 2 aliphatic rings. The molecule has 1 saturated carbocycles. The van der Waals surface area contributed by atoms with Gasteiger partial charge in [-0.25, -0.2) is 18.7 Å². The molecule has 164 valence electrons. The van der Waals surface area contributed by atoms with E-state index >= 15 is 0 Å². The summed E-state index contributed by atoms with van der Waals surface area (Å²) in [5, 5.41) is 2.91. The molecule has 4 rings (SSSR count). The molecule has 1 aliphatic heterocycles. The van der Waals surface area contributed by atoms with Gasteiger partial charge in [0, 0.05) is 41.5 Å². The van der Waals surface area contributed by atoms with Crippen LogP contribution in [0.5, 0.6) is 5.88 Å². The molecule has 2 aromatic heterocycles. The minimum Gasteiger partial charge on any atom is -0.471 e. The number of aromatic nitrogens is 2. The van der Waals surface area contributed by atoms with Crippen LogP contribution in [-0.4, -0.2) is 39.7 Å². The number of carbonyl (C=O) groups excluding carboxylic acids is 2. The van der Waals surface area contributed by atoms with E-state index < -0.39 is 13.0 Å². The fraction of sp³-hybridized carbons (Fsp3) is 0.455. The predicted octanol–water partition coefficient (Wildman–Crippen LogP) is 3.71. The molecule has 2 amide bonds. The van der Waals surface area contributed by atoms with Gasteiger partial charge in [-0.3, -0.25) is 9.59 Å². The van der Waals surface area contributed by atoms with Gasteiger partial charge in [-0.15, -0.1) is 0 Å². The first-order chi connectivity index (χ1) is 14.9. The molecule has 3 heterocycles. The van der Waals surface area contributed by atoms with Crippen molar-refractivity contribution in [1.29, 1.82) is 0 Å². The van der Waals surface area contributed by atoms with Crippen LogP contribution in [0.2, 0.25) is 0 Å². The van der Waals surface area contributed by atoms with Crippen molar-refractivity contribution in [2.45, 2.75) is 52.1 Å². The number of pyridine rings is 2. The average Bonchev–Trinajstić information content (AvgIpc) is 3.37. The van der Waals surface area contributed by atoms with E-state index in [9.17, 15) is 18.4 Å². The number of carbonyl (C=O) groups is 2. The zero-order valence-corrected chi connectivity index (χ0v) is 17.2. The van der Waals surface area contributed by atoms with Gasteiger partial charge in [-0.05, 0) is 37.5 Å². The first-order valence-electron chi connectivity index (χ1n) is 10.4. The second kappa shape index (κ2) is 8.95. The number of hydrogen-bond donors (Lipinski definition) is 1. The maximum atomic E-state index is 12.9. The van der Waals surface area contributed by atoms with Gasteiger partial charge >= 0.3 is 0 Å². The Morgan fingerprint density at radius 1 is 1.32 bits per heavy atom. The topological polar surface area (TPSA) is 84.4 Å². The Morgan fingerprint density at radius 2 is 2.10 bits per heavy atom. The van der Waals surface area contributed by atoms with E-state index in [-0.39, 0.29) is 23.6 Å². The molecule has 0 saturated heterocycles. The second-order valence-electron chi connectivity index (χ2n) is 7.99. The summed E-state index contributed by atoms with van der Waals surface area (Å²) in [6.07, 6.45) is 4.37. The summed E-state index contributed by atoms with van der Waals surface area (Å²) in [6.45, 7) is 1.63. The number of amides is 2. The fourth-order valence-corrected chi connectivity index (χ4v) is 4.15. The van der Waals surface area contributed by atoms with Crippen LogP contribution >= 0.6 is 0 Å². The van der Waals surface area contributed by atoms with Gasteiger partial charge in [0.25, 0.3) is 12.3 Å². The van der Waals surface area contributed by atoms with E-state index in [0.29, 0.717) is 35.6 Å². The van der Waals surface area contributed by atoms with Crippen molar-refractivity contribution in [3.05, 3.63) is 46.8 Å². The van der Waals surface area contributed by atoms with Crippen LogP contribution in [0.25, 0.3) is 0 Å². The fourth-order valence-electron chi connectivity index (χ4n) is 4.15. The summed E-state index contributed by atoms with van der Waals surface area (Å²) in [5.74, 6) is 0.412. The minimum absolute atomic E-state index is 0.00529. The molecule has 1 aliphatic carbocycles. The van der Waals surface area contributed by atoms with Crippen molar-refractivity contribution >= 4 is 17.6 Å². The van der Waals surface area contributed by atoms with Crippen molar-refractivity contribution in [3.63, 3.8) is 0 Å². The smallest absolute Gasteiger partial charge is 0.272 e. The van der Waals surface area contributed by atoms with Crippen LogP contribution in [0, 0.1) is 12.8 Å². The largest absolute Gasteiger partial charge is 0.471 e. The quantitative estimate of drug-likeness (QED) is 0.724. The SMILES string of the molecule is Cc1cc(CN2Cc3c(ccnc3NC(=O)C3CCCC3)C2=O)cnc1OCC(F)F. The molecule has 1 fully saturated rings. The Hall–Kier alpha value is -3.10. The molecule has 0 bridgehead atoms. The lowest BCUT2D eigenvalue weighted by molar-refractivity contribution is -0.119. The molecule has 7 nitrogen and oxygen atoms in total. The Balaban J connectivity index is 1.45. The van der Waals surface area contributed by atoms with Gasteiger partial charge in [0.15, 0.2) is 6.61 Å². The van der Waals surface area contributed by atoms with Crippen LogP contribution < -0.4 is 10.1 Å². The van der Waals surface area contributed by atoms with Crippen LogP contribution in [0.15, 0.2) is 24.5 Å². The zero-order chi connectivity index (χ0) is 22.0. The molecular weight excluding hydrogens is 406 g/mol. The number of hydrogen-bond acceptors (Lipinski definition) is 5. The molecular formula is C22H24F2N4O3. The summed E-state index contributed by atoms with van der Waals surface area (Å²) in [7, 11) is 0. The Labute approximate surface area is 178 Å². The third-order valence-corrected chi connectivity index (χ3v) is 5.70. The monoisotopic (exact) mass is 430 g/mol. The Morgan fingerprint density at radius 3 is 2.81 bits per heavy atom. The number of nitrogens with one attached hydrogen (secondary N) is 1. The Bertz CT molecular complexity index is 993. The van der Waals surface area contributed by atoms with Crippen molar-refractivity contribution in [3.8, 4) is 5.88 Å². The van der Waals surface area contributed by atoms with Gasteiger partial charge in [0.1, 0.15) is 5.82 Å². The maximum Gasteiger partial charge on any atom is 0.272 e. The second-order valence-corrected chi connectivity index (χ2v) is 7.99. The Kier molecular flexibility index (Phi) is 6.11. The van der Waals surface area contributed by atoms with E-state index in [1.54, 1.807) is 24.0 Å². The number of nitrogens with zero attached hydrogens (tertiary/aromatic N) is 3. The maximum absolute atomic E-state index is 12.9. The number of rotatable bonds is 7. The molecule has 1 N–H and O–H groups in total. The number of alkyl halides is 2. The van der Waals surface area contributed by atoms with E-state index in [1.807, 2.05) is 0 Å². The predicted molar refractivity (Wildman–Crippen MR) is 109 cm³/mol. The molecule has 2 aromatic rings. The van der Waals surface area contributed by atoms with Crippen molar-refractivity contribution < 1.29 is 23.1 Å². The van der Waals surface area contributed by atoms with Gasteiger partial charge in [0.05, 0.1) is 6.54 Å². The average molecular weight is 430 g/mol. The molecule has 0 unspecified atom stereocenters. The van der Waals surface area contributed by atoms with E-state index in [0.717, 1.165) is 31.2 Å². The lowest BCUT2D eigenvalue weighted by Crippen LogP contribution is -2.23. The number of anilines is 1. The van der Waals surface area contributed by atoms with Crippen LogP contribution in [0.1, 0.15) is 52.7 Å². The van der Waals surface area contributed by atoms with Gasteiger partial charge in [0.2, 0.25) is 11.8 Å². The lowest BCUT2D eigenvalue weighted by Gasteiger charge is -2.17.